The second kappa shape index (κ2) is 13.9. The molecule has 4 heterocycles. The minimum Gasteiger partial charge on any atom is -0.484 e. The first-order valence-electron chi connectivity index (χ1n) is 17.5. The van der Waals surface area contributed by atoms with Crippen LogP contribution in [0.3, 0.4) is 0 Å². The summed E-state index contributed by atoms with van der Waals surface area (Å²) in [5, 5.41) is 5.63. The molecule has 0 spiro atoms. The molecule has 0 N–H and O–H groups in total. The SMILES string of the molecule is CC1(Oc2cc3c(-c4cc(Cl)ncn4)n(COCC[Si](C)(C)C)nc3cc2F)CC1.Cc1cc(C2=NCc3cc(F)c(OC4(C)CC4)cc32)ncn1. The number of rotatable bonds is 11. The third-order valence-corrected chi connectivity index (χ3v) is 11.3. The van der Waals surface area contributed by atoms with Crippen molar-refractivity contribution in [3.63, 3.8) is 0 Å². The smallest absolute Gasteiger partial charge is 0.167 e. The molecule has 2 aromatic carbocycles. The van der Waals surface area contributed by atoms with Gasteiger partial charge in [0.2, 0.25) is 0 Å². The zero-order valence-electron chi connectivity index (χ0n) is 30.3. The predicted molar refractivity (Wildman–Crippen MR) is 199 cm³/mol. The van der Waals surface area contributed by atoms with Crippen LogP contribution < -0.4 is 9.47 Å². The van der Waals surface area contributed by atoms with E-state index in [4.69, 9.17) is 25.8 Å². The number of fused-ring (bicyclic) bond motifs is 2. The van der Waals surface area contributed by atoms with Crippen molar-refractivity contribution in [2.45, 2.75) is 96.6 Å². The van der Waals surface area contributed by atoms with Gasteiger partial charge in [-0.25, -0.2) is 33.4 Å². The Balaban J connectivity index is 0.000000169. The summed E-state index contributed by atoms with van der Waals surface area (Å²) in [6.45, 7) is 14.2. The van der Waals surface area contributed by atoms with Crippen molar-refractivity contribution in [3.8, 4) is 22.9 Å². The van der Waals surface area contributed by atoms with Gasteiger partial charge in [-0.1, -0.05) is 31.2 Å². The fourth-order valence-electron chi connectivity index (χ4n) is 5.73. The van der Waals surface area contributed by atoms with E-state index >= 15 is 0 Å². The Morgan fingerprint density at radius 1 is 0.827 bits per heavy atom. The van der Waals surface area contributed by atoms with Crippen molar-refractivity contribution in [1.82, 2.24) is 29.7 Å². The Hall–Kier alpha value is -4.33. The van der Waals surface area contributed by atoms with E-state index in [0.29, 0.717) is 41.0 Å². The molecule has 3 aliphatic rings. The second-order valence-electron chi connectivity index (χ2n) is 15.5. The summed E-state index contributed by atoms with van der Waals surface area (Å²) in [5.74, 6) is -0.211. The van der Waals surface area contributed by atoms with Crippen LogP contribution in [0.15, 0.2) is 54.0 Å². The number of aryl methyl sites for hydroxylation is 1. The monoisotopic (exact) mass is 745 g/mol. The highest BCUT2D eigenvalue weighted by Gasteiger charge is 2.41. The van der Waals surface area contributed by atoms with Crippen LogP contribution in [0.1, 0.15) is 62.0 Å². The summed E-state index contributed by atoms with van der Waals surface area (Å²) < 4.78 is 48.2. The summed E-state index contributed by atoms with van der Waals surface area (Å²) in [7, 11) is -1.20. The van der Waals surface area contributed by atoms with Gasteiger partial charge < -0.3 is 14.2 Å². The average Bonchev–Trinajstić information content (AvgIpc) is 3.91. The van der Waals surface area contributed by atoms with Gasteiger partial charge in [0.25, 0.3) is 0 Å². The molecule has 52 heavy (non-hydrogen) atoms. The molecule has 272 valence electrons. The first kappa shape index (κ1) is 36.0. The normalized spacial score (nSPS) is 16.5. The number of aromatic nitrogens is 6. The maximum atomic E-state index is 14.7. The van der Waals surface area contributed by atoms with Crippen LogP contribution in [-0.2, 0) is 18.0 Å². The predicted octanol–water partition coefficient (Wildman–Crippen LogP) is 8.74. The van der Waals surface area contributed by atoms with Crippen LogP contribution in [-0.4, -0.2) is 61.3 Å². The molecule has 8 rings (SSSR count). The van der Waals surface area contributed by atoms with Gasteiger partial charge in [0.05, 0.1) is 34.9 Å². The van der Waals surface area contributed by atoms with Crippen molar-refractivity contribution < 1.29 is 23.0 Å². The lowest BCUT2D eigenvalue weighted by molar-refractivity contribution is 0.0802. The Kier molecular flexibility index (Phi) is 9.64. The Bertz CT molecular complexity index is 2180. The first-order valence-corrected chi connectivity index (χ1v) is 21.6. The van der Waals surface area contributed by atoms with Gasteiger partial charge in [-0.15, -0.1) is 0 Å². The number of hydrogen-bond donors (Lipinski definition) is 0. The van der Waals surface area contributed by atoms with Gasteiger partial charge in [-0.05, 0) is 82.3 Å². The molecule has 2 fully saturated rings. The number of hydrogen-bond acceptors (Lipinski definition) is 9. The molecule has 0 radical (unpaired) electrons. The van der Waals surface area contributed by atoms with E-state index in [9.17, 15) is 8.78 Å². The van der Waals surface area contributed by atoms with Crippen LogP contribution in [0.5, 0.6) is 11.5 Å². The summed E-state index contributed by atoms with van der Waals surface area (Å²) in [5.41, 5.74) is 5.52. The van der Waals surface area contributed by atoms with E-state index < -0.39 is 13.9 Å². The van der Waals surface area contributed by atoms with Gasteiger partial charge >= 0.3 is 0 Å². The molecule has 0 saturated heterocycles. The van der Waals surface area contributed by atoms with E-state index in [2.05, 4.69) is 49.7 Å². The Labute approximate surface area is 307 Å². The molecule has 2 aliphatic carbocycles. The molecule has 2 saturated carbocycles. The van der Waals surface area contributed by atoms with Crippen molar-refractivity contribution in [1.29, 1.82) is 0 Å². The highest BCUT2D eigenvalue weighted by atomic mass is 35.5. The molecule has 0 atom stereocenters. The molecule has 3 aromatic heterocycles. The largest absolute Gasteiger partial charge is 0.484 e. The second-order valence-corrected chi connectivity index (χ2v) is 21.5. The number of nitrogens with zero attached hydrogens (tertiary/aromatic N) is 7. The third kappa shape index (κ3) is 8.32. The highest BCUT2D eigenvalue weighted by molar-refractivity contribution is 6.76. The third-order valence-electron chi connectivity index (χ3n) is 9.37. The van der Waals surface area contributed by atoms with Crippen LogP contribution in [0.4, 0.5) is 8.78 Å². The van der Waals surface area contributed by atoms with Gasteiger partial charge in [0, 0.05) is 43.5 Å². The zero-order chi connectivity index (χ0) is 36.8. The Morgan fingerprint density at radius 2 is 1.48 bits per heavy atom. The quantitative estimate of drug-likeness (QED) is 0.0751. The number of ether oxygens (including phenoxy) is 3. The van der Waals surface area contributed by atoms with Gasteiger partial charge in [0.15, 0.2) is 23.1 Å². The van der Waals surface area contributed by atoms with Gasteiger partial charge in [-0.2, -0.15) is 5.10 Å². The fourth-order valence-corrected chi connectivity index (χ4v) is 6.64. The lowest BCUT2D eigenvalue weighted by atomic mass is 10.0. The zero-order valence-corrected chi connectivity index (χ0v) is 32.0. The minimum absolute atomic E-state index is 0.212. The van der Waals surface area contributed by atoms with Crippen LogP contribution >= 0.6 is 11.6 Å². The standard InChI is InChI=1S/C21H26ClFN4O2Si.C17H16FN3O/c1-21(5-6-21)29-18-9-14-16(10-15(18)23)26-27(13-28-7-8-30(2,3)4)20(14)17-11-19(22)25-12-24-17;1-10-5-14(21-9-20-10)16-12-7-15(22-17(2)3-4-17)13(18)6-11(12)8-19-16/h9-12H,5-8,13H2,1-4H3;5-7,9H,3-4,8H2,1-2H3. The highest BCUT2D eigenvalue weighted by Crippen LogP contribution is 2.43. The van der Waals surface area contributed by atoms with E-state index in [-0.39, 0.29) is 29.5 Å². The van der Waals surface area contributed by atoms with Gasteiger partial charge in [-0.3, -0.25) is 4.99 Å². The lowest BCUT2D eigenvalue weighted by Crippen LogP contribution is -2.22. The summed E-state index contributed by atoms with van der Waals surface area (Å²) >= 11 is 6.10. The summed E-state index contributed by atoms with van der Waals surface area (Å²) in [4.78, 5) is 21.2. The fraction of sp³-hybridized carbons (Fsp3) is 0.421. The summed E-state index contributed by atoms with van der Waals surface area (Å²) in [6.07, 6.45) is 6.70. The maximum absolute atomic E-state index is 14.7. The molecule has 1 aliphatic heterocycles. The Morgan fingerprint density at radius 3 is 2.13 bits per heavy atom. The van der Waals surface area contributed by atoms with E-state index in [1.54, 1.807) is 22.9 Å². The topological polar surface area (TPSA) is 109 Å². The van der Waals surface area contributed by atoms with Crippen LogP contribution in [0.25, 0.3) is 22.3 Å². The van der Waals surface area contributed by atoms with Gasteiger partial charge in [0.1, 0.15) is 35.7 Å². The summed E-state index contributed by atoms with van der Waals surface area (Å²) in [6, 6.07) is 11.0. The van der Waals surface area contributed by atoms with Crippen LogP contribution in [0, 0.1) is 18.6 Å². The minimum atomic E-state index is -1.20. The molecule has 0 unspecified atom stereocenters. The number of benzene rings is 2. The first-order chi connectivity index (χ1) is 24.7. The lowest BCUT2D eigenvalue weighted by Gasteiger charge is -2.16. The van der Waals surface area contributed by atoms with Crippen molar-refractivity contribution in [2.24, 2.45) is 4.99 Å². The van der Waals surface area contributed by atoms with E-state index in [1.807, 2.05) is 26.8 Å². The molecular weight excluding hydrogens is 704 g/mol. The molecule has 0 amide bonds. The molecule has 0 bridgehead atoms. The number of aliphatic imine (C=N–C) groups is 1. The molecule has 5 aromatic rings. The van der Waals surface area contributed by atoms with E-state index in [1.165, 1.54) is 24.8 Å². The molecular formula is C38H42ClF2N7O3Si. The van der Waals surface area contributed by atoms with Crippen molar-refractivity contribution in [2.75, 3.05) is 6.61 Å². The van der Waals surface area contributed by atoms with E-state index in [0.717, 1.165) is 65.3 Å². The maximum Gasteiger partial charge on any atom is 0.167 e. The average molecular weight is 746 g/mol. The molecule has 10 nitrogen and oxygen atoms in total. The molecule has 14 heteroatoms. The van der Waals surface area contributed by atoms with Crippen LogP contribution in [0.2, 0.25) is 30.8 Å². The van der Waals surface area contributed by atoms with Crippen molar-refractivity contribution in [3.05, 3.63) is 88.4 Å². The number of halogens is 3. The van der Waals surface area contributed by atoms with Crippen molar-refractivity contribution >= 4 is 36.3 Å².